The largest absolute Gasteiger partial charge is 0.354 e. The minimum absolute atomic E-state index is 1.00. The van der Waals surface area contributed by atoms with Gasteiger partial charge in [0.25, 0.3) is 0 Å². The van der Waals surface area contributed by atoms with Crippen LogP contribution in [0.2, 0.25) is 0 Å². The molecular formula is C16H13BrN2. The van der Waals surface area contributed by atoms with Gasteiger partial charge in [0.2, 0.25) is 0 Å². The first-order valence-corrected chi connectivity index (χ1v) is 6.90. The van der Waals surface area contributed by atoms with Crippen LogP contribution in [0.3, 0.4) is 0 Å². The minimum atomic E-state index is 1.00. The molecule has 0 saturated carbocycles. The van der Waals surface area contributed by atoms with Gasteiger partial charge in [-0.15, -0.1) is 0 Å². The molecule has 3 heteroatoms. The molecule has 1 aromatic heterocycles. The lowest BCUT2D eigenvalue weighted by atomic mass is 10.1. The van der Waals surface area contributed by atoms with Gasteiger partial charge >= 0.3 is 0 Å². The highest BCUT2D eigenvalue weighted by atomic mass is 79.9. The van der Waals surface area contributed by atoms with Crippen molar-refractivity contribution in [1.82, 2.24) is 4.98 Å². The SMILES string of the molecule is Cc1ccc2nccc(Nc3ccccc3Br)c2c1. The van der Waals surface area contributed by atoms with Crippen LogP contribution in [-0.2, 0) is 0 Å². The van der Waals surface area contributed by atoms with Crippen LogP contribution in [0.15, 0.2) is 59.2 Å². The molecule has 0 aliphatic carbocycles. The van der Waals surface area contributed by atoms with Crippen molar-refractivity contribution in [3.63, 3.8) is 0 Å². The lowest BCUT2D eigenvalue weighted by Gasteiger charge is -2.11. The molecule has 2 aromatic carbocycles. The smallest absolute Gasteiger partial charge is 0.0723 e. The van der Waals surface area contributed by atoms with E-state index in [1.54, 1.807) is 0 Å². The van der Waals surface area contributed by atoms with Gasteiger partial charge in [-0.05, 0) is 53.2 Å². The molecular weight excluding hydrogens is 300 g/mol. The van der Waals surface area contributed by atoms with Gasteiger partial charge in [-0.2, -0.15) is 0 Å². The molecule has 1 heterocycles. The number of rotatable bonds is 2. The number of benzene rings is 2. The molecule has 0 fully saturated rings. The monoisotopic (exact) mass is 312 g/mol. The lowest BCUT2D eigenvalue weighted by Crippen LogP contribution is -1.93. The molecule has 0 atom stereocenters. The maximum Gasteiger partial charge on any atom is 0.0723 e. The fraction of sp³-hybridized carbons (Fsp3) is 0.0625. The number of halogens is 1. The molecule has 0 saturated heterocycles. The van der Waals surface area contributed by atoms with Crippen LogP contribution in [0.1, 0.15) is 5.56 Å². The molecule has 3 rings (SSSR count). The number of hydrogen-bond donors (Lipinski definition) is 1. The Morgan fingerprint density at radius 3 is 2.68 bits per heavy atom. The van der Waals surface area contributed by atoms with Crippen LogP contribution < -0.4 is 5.32 Å². The summed E-state index contributed by atoms with van der Waals surface area (Å²) in [6.45, 7) is 2.09. The molecule has 0 aliphatic heterocycles. The third-order valence-corrected chi connectivity index (χ3v) is 3.73. The van der Waals surface area contributed by atoms with E-state index in [9.17, 15) is 0 Å². The molecule has 19 heavy (non-hydrogen) atoms. The van der Waals surface area contributed by atoms with Crippen molar-refractivity contribution in [2.75, 3.05) is 5.32 Å². The Kier molecular flexibility index (Phi) is 3.22. The summed E-state index contributed by atoms with van der Waals surface area (Å²) in [7, 11) is 0. The van der Waals surface area contributed by atoms with Crippen LogP contribution in [0, 0.1) is 6.92 Å². The van der Waals surface area contributed by atoms with E-state index in [1.807, 2.05) is 36.5 Å². The van der Waals surface area contributed by atoms with E-state index in [1.165, 1.54) is 5.56 Å². The number of aryl methyl sites for hydroxylation is 1. The van der Waals surface area contributed by atoms with Gasteiger partial charge in [-0.1, -0.05) is 23.8 Å². The fourth-order valence-electron chi connectivity index (χ4n) is 2.08. The second kappa shape index (κ2) is 5.02. The van der Waals surface area contributed by atoms with Crippen LogP contribution in [0.25, 0.3) is 10.9 Å². The summed E-state index contributed by atoms with van der Waals surface area (Å²) in [6, 6.07) is 16.4. The standard InChI is InChI=1S/C16H13BrN2/c1-11-6-7-14-12(10-11)15(8-9-18-14)19-16-5-3-2-4-13(16)17/h2-10H,1H3,(H,18,19). The molecule has 0 spiro atoms. The first-order valence-electron chi connectivity index (χ1n) is 6.11. The van der Waals surface area contributed by atoms with Gasteiger partial charge in [0, 0.05) is 21.7 Å². The molecule has 0 amide bonds. The molecule has 94 valence electrons. The highest BCUT2D eigenvalue weighted by molar-refractivity contribution is 9.10. The normalized spacial score (nSPS) is 10.6. The molecule has 1 N–H and O–H groups in total. The highest BCUT2D eigenvalue weighted by Gasteiger charge is 2.04. The maximum atomic E-state index is 4.40. The van der Waals surface area contributed by atoms with Gasteiger partial charge in [0.1, 0.15) is 0 Å². The van der Waals surface area contributed by atoms with Gasteiger partial charge in [-0.25, -0.2) is 0 Å². The lowest BCUT2D eigenvalue weighted by molar-refractivity contribution is 1.38. The van der Waals surface area contributed by atoms with Gasteiger partial charge in [0.15, 0.2) is 0 Å². The molecule has 3 aromatic rings. The molecule has 0 unspecified atom stereocenters. The fourth-order valence-corrected chi connectivity index (χ4v) is 2.46. The Hall–Kier alpha value is -1.87. The quantitative estimate of drug-likeness (QED) is 0.716. The number of para-hydroxylation sites is 1. The summed E-state index contributed by atoms with van der Waals surface area (Å²) in [5.41, 5.74) is 4.36. The Labute approximate surface area is 120 Å². The van der Waals surface area contributed by atoms with Crippen LogP contribution >= 0.6 is 15.9 Å². The number of hydrogen-bond acceptors (Lipinski definition) is 2. The molecule has 0 radical (unpaired) electrons. The van der Waals surface area contributed by atoms with Crippen LogP contribution in [0.5, 0.6) is 0 Å². The average molecular weight is 313 g/mol. The number of nitrogens with one attached hydrogen (secondary N) is 1. The number of pyridine rings is 1. The van der Waals surface area contributed by atoms with Gasteiger partial charge in [-0.3, -0.25) is 4.98 Å². The van der Waals surface area contributed by atoms with Crippen molar-refractivity contribution in [3.8, 4) is 0 Å². The predicted molar refractivity (Wildman–Crippen MR) is 83.9 cm³/mol. The number of aromatic nitrogens is 1. The van der Waals surface area contributed by atoms with Crippen LogP contribution in [-0.4, -0.2) is 4.98 Å². The second-order valence-corrected chi connectivity index (χ2v) is 5.34. The van der Waals surface area contributed by atoms with Crippen molar-refractivity contribution in [2.45, 2.75) is 6.92 Å². The zero-order chi connectivity index (χ0) is 13.2. The summed E-state index contributed by atoms with van der Waals surface area (Å²) in [5, 5.41) is 4.59. The number of anilines is 2. The Morgan fingerprint density at radius 2 is 1.84 bits per heavy atom. The highest BCUT2D eigenvalue weighted by Crippen LogP contribution is 2.29. The van der Waals surface area contributed by atoms with E-state index in [-0.39, 0.29) is 0 Å². The molecule has 0 bridgehead atoms. The topological polar surface area (TPSA) is 24.9 Å². The molecule has 0 aliphatic rings. The van der Waals surface area contributed by atoms with Crippen molar-refractivity contribution < 1.29 is 0 Å². The van der Waals surface area contributed by atoms with Gasteiger partial charge < -0.3 is 5.32 Å². The zero-order valence-electron chi connectivity index (χ0n) is 10.5. The summed E-state index contributed by atoms with van der Waals surface area (Å²) in [6.07, 6.45) is 1.83. The van der Waals surface area contributed by atoms with E-state index in [0.29, 0.717) is 0 Å². The Bertz CT molecular complexity index is 738. The van der Waals surface area contributed by atoms with E-state index in [2.05, 4.69) is 51.4 Å². The van der Waals surface area contributed by atoms with Crippen molar-refractivity contribution in [2.24, 2.45) is 0 Å². The Balaban J connectivity index is 2.10. The zero-order valence-corrected chi connectivity index (χ0v) is 12.1. The van der Waals surface area contributed by atoms with E-state index in [0.717, 1.165) is 26.8 Å². The Morgan fingerprint density at radius 1 is 1.00 bits per heavy atom. The van der Waals surface area contributed by atoms with Gasteiger partial charge in [0.05, 0.1) is 11.2 Å². The summed E-state index contributed by atoms with van der Waals surface area (Å²) in [5.74, 6) is 0. The van der Waals surface area contributed by atoms with E-state index in [4.69, 9.17) is 0 Å². The third kappa shape index (κ3) is 2.47. The molecule has 2 nitrogen and oxygen atoms in total. The summed E-state index contributed by atoms with van der Waals surface area (Å²) >= 11 is 3.55. The third-order valence-electron chi connectivity index (χ3n) is 3.04. The van der Waals surface area contributed by atoms with Crippen molar-refractivity contribution >= 4 is 38.2 Å². The maximum absolute atomic E-state index is 4.40. The number of fused-ring (bicyclic) bond motifs is 1. The first-order chi connectivity index (χ1) is 9.24. The predicted octanol–water partition coefficient (Wildman–Crippen LogP) is 5.05. The average Bonchev–Trinajstić information content (AvgIpc) is 2.42. The van der Waals surface area contributed by atoms with Crippen molar-refractivity contribution in [3.05, 3.63) is 64.8 Å². The summed E-state index contributed by atoms with van der Waals surface area (Å²) < 4.78 is 1.05. The summed E-state index contributed by atoms with van der Waals surface area (Å²) in [4.78, 5) is 4.40. The van der Waals surface area contributed by atoms with Crippen LogP contribution in [0.4, 0.5) is 11.4 Å². The van der Waals surface area contributed by atoms with E-state index >= 15 is 0 Å². The number of nitrogens with zero attached hydrogens (tertiary/aromatic N) is 1. The first kappa shape index (κ1) is 12.2. The second-order valence-electron chi connectivity index (χ2n) is 4.48. The van der Waals surface area contributed by atoms with E-state index < -0.39 is 0 Å². The van der Waals surface area contributed by atoms with Crippen molar-refractivity contribution in [1.29, 1.82) is 0 Å². The minimum Gasteiger partial charge on any atom is -0.354 e.